The fourth-order valence-electron chi connectivity index (χ4n) is 0.305. The van der Waals surface area contributed by atoms with E-state index in [2.05, 4.69) is 20.9 Å². The maximum atomic E-state index is 10.5. The van der Waals surface area contributed by atoms with Crippen molar-refractivity contribution < 1.29 is 9.37 Å². The molecule has 10 heavy (non-hydrogen) atoms. The molecule has 3 nitrogen and oxygen atoms in total. The number of hydrogen-bond donors (Lipinski definition) is 0. The summed E-state index contributed by atoms with van der Waals surface area (Å²) in [4.78, 5) is 14.5. The zero-order valence-corrected chi connectivity index (χ0v) is 7.45. The van der Waals surface area contributed by atoms with E-state index in [4.69, 9.17) is 0 Å². The highest BCUT2D eigenvalue weighted by molar-refractivity contribution is 7.45. The quantitative estimate of drug-likeness (QED) is 0.327. The zero-order chi connectivity index (χ0) is 8.15. The second-order valence-corrected chi connectivity index (χ2v) is 2.63. The fourth-order valence-corrected chi connectivity index (χ4v) is 0.396. The Balaban J connectivity index is 3.92. The van der Waals surface area contributed by atoms with E-state index in [-0.39, 0.29) is 5.52 Å². The third-order valence-electron chi connectivity index (χ3n) is 0.906. The molecule has 0 aliphatic rings. The summed E-state index contributed by atoms with van der Waals surface area (Å²) in [5.41, 5.74) is 0.447. The SMILES string of the molecule is C=[N+](C)CN=C(C)C(=O)P. The predicted octanol–water partition coefficient (Wildman–Crippen LogP) is 0.149. The molecule has 56 valence electrons. The predicted molar refractivity (Wildman–Crippen MR) is 46.0 cm³/mol. The van der Waals surface area contributed by atoms with Crippen LogP contribution in [0.3, 0.4) is 0 Å². The van der Waals surface area contributed by atoms with Crippen molar-refractivity contribution in [3.63, 3.8) is 0 Å². The standard InChI is InChI=1S/C6H12N2OP/c1-5(6(9)10)7-4-8(2)3/h2,4,10H2,1,3H3/q+1. The summed E-state index contributed by atoms with van der Waals surface area (Å²) in [7, 11) is 3.87. The van der Waals surface area contributed by atoms with E-state index in [1.807, 2.05) is 0 Å². The van der Waals surface area contributed by atoms with E-state index in [0.717, 1.165) is 0 Å². The second-order valence-electron chi connectivity index (χ2n) is 2.11. The fraction of sp³-hybridized carbons (Fsp3) is 0.500. The molecule has 0 amide bonds. The number of carbonyl (C=O) groups is 1. The van der Waals surface area contributed by atoms with Crippen molar-refractivity contribution >= 4 is 27.2 Å². The van der Waals surface area contributed by atoms with Gasteiger partial charge in [0.15, 0.2) is 5.52 Å². The molecule has 1 unspecified atom stereocenters. The van der Waals surface area contributed by atoms with Gasteiger partial charge in [-0.15, -0.1) is 0 Å². The molecule has 0 aromatic carbocycles. The van der Waals surface area contributed by atoms with Gasteiger partial charge in [0, 0.05) is 0 Å². The topological polar surface area (TPSA) is 32.4 Å². The zero-order valence-electron chi connectivity index (χ0n) is 6.29. The summed E-state index contributed by atoms with van der Waals surface area (Å²) in [5.74, 6) is 0. The van der Waals surface area contributed by atoms with Crippen LogP contribution < -0.4 is 0 Å². The molecule has 0 saturated carbocycles. The molecule has 0 aliphatic carbocycles. The van der Waals surface area contributed by atoms with Crippen molar-refractivity contribution in [1.82, 2.24) is 0 Å². The Labute approximate surface area is 63.1 Å². The first-order chi connectivity index (χ1) is 4.54. The van der Waals surface area contributed by atoms with E-state index in [1.165, 1.54) is 0 Å². The summed E-state index contributed by atoms with van der Waals surface area (Å²) in [6.45, 7) is 5.72. The van der Waals surface area contributed by atoms with E-state index >= 15 is 0 Å². The molecule has 0 bridgehead atoms. The molecule has 0 spiro atoms. The third-order valence-corrected chi connectivity index (χ3v) is 1.32. The van der Waals surface area contributed by atoms with E-state index in [9.17, 15) is 4.79 Å². The van der Waals surface area contributed by atoms with Crippen molar-refractivity contribution in [3.8, 4) is 0 Å². The molecular formula is C6H12N2OP+. The minimum absolute atomic E-state index is 0.0677. The minimum atomic E-state index is -0.0677. The highest BCUT2D eigenvalue weighted by atomic mass is 31.0. The molecule has 4 heteroatoms. The van der Waals surface area contributed by atoms with Crippen LogP contribution in [0.25, 0.3) is 0 Å². The van der Waals surface area contributed by atoms with Gasteiger partial charge in [-0.3, -0.25) is 4.79 Å². The largest absolute Gasteiger partial charge is 0.288 e. The van der Waals surface area contributed by atoms with Crippen LogP contribution in [0.1, 0.15) is 6.92 Å². The molecule has 0 aromatic rings. The molecule has 0 heterocycles. The molecule has 0 N–H and O–H groups in total. The minimum Gasteiger partial charge on any atom is -0.288 e. The van der Waals surface area contributed by atoms with Crippen LogP contribution in [0, 0.1) is 0 Å². The number of nitrogens with zero attached hydrogens (tertiary/aromatic N) is 2. The molecule has 0 fully saturated rings. The Bertz CT molecular complexity index is 186. The molecular weight excluding hydrogens is 147 g/mol. The smallest absolute Gasteiger partial charge is 0.235 e. The average Bonchev–Trinajstić information content (AvgIpc) is 1.82. The Kier molecular flexibility index (Phi) is 4.05. The van der Waals surface area contributed by atoms with E-state index in [1.54, 1.807) is 18.5 Å². The van der Waals surface area contributed by atoms with Crippen molar-refractivity contribution in [2.24, 2.45) is 4.99 Å². The molecule has 1 atom stereocenters. The summed E-state index contributed by atoms with van der Waals surface area (Å²) >= 11 is 0. The van der Waals surface area contributed by atoms with Gasteiger partial charge in [-0.25, -0.2) is 9.57 Å². The Morgan fingerprint density at radius 1 is 1.80 bits per heavy atom. The lowest BCUT2D eigenvalue weighted by atomic mass is 10.5. The normalized spacial score (nSPS) is 11.3. The van der Waals surface area contributed by atoms with Gasteiger partial charge in [-0.1, -0.05) is 9.24 Å². The van der Waals surface area contributed by atoms with Gasteiger partial charge < -0.3 is 0 Å². The van der Waals surface area contributed by atoms with Gasteiger partial charge in [0.2, 0.25) is 6.67 Å². The van der Waals surface area contributed by atoms with Crippen LogP contribution in [-0.2, 0) is 4.79 Å². The van der Waals surface area contributed by atoms with Crippen LogP contribution in [-0.4, -0.2) is 36.2 Å². The van der Waals surface area contributed by atoms with Crippen molar-refractivity contribution in [2.45, 2.75) is 6.92 Å². The Morgan fingerprint density at radius 2 is 2.30 bits per heavy atom. The monoisotopic (exact) mass is 159 g/mol. The van der Waals surface area contributed by atoms with Gasteiger partial charge >= 0.3 is 0 Å². The number of aliphatic imine (C=N–C) groups is 1. The van der Waals surface area contributed by atoms with Crippen LogP contribution in [0.4, 0.5) is 0 Å². The molecule has 0 rings (SSSR count). The van der Waals surface area contributed by atoms with Gasteiger partial charge in [-0.2, -0.15) is 0 Å². The Hall–Kier alpha value is -0.560. The first-order valence-corrected chi connectivity index (χ1v) is 3.44. The summed E-state index contributed by atoms with van der Waals surface area (Å²) < 4.78 is 1.65. The molecule has 0 saturated heterocycles. The van der Waals surface area contributed by atoms with Crippen molar-refractivity contribution in [2.75, 3.05) is 13.7 Å². The van der Waals surface area contributed by atoms with E-state index in [0.29, 0.717) is 12.4 Å². The second kappa shape index (κ2) is 4.29. The van der Waals surface area contributed by atoms with Crippen LogP contribution in [0.2, 0.25) is 0 Å². The van der Waals surface area contributed by atoms with Gasteiger partial charge in [0.1, 0.15) is 13.8 Å². The van der Waals surface area contributed by atoms with E-state index < -0.39 is 0 Å². The lowest BCUT2D eigenvalue weighted by Crippen LogP contribution is -2.07. The first-order valence-electron chi connectivity index (χ1n) is 2.86. The van der Waals surface area contributed by atoms with Crippen LogP contribution >= 0.6 is 9.24 Å². The van der Waals surface area contributed by atoms with Gasteiger partial charge in [0.25, 0.3) is 0 Å². The number of carbonyl (C=O) groups excluding carboxylic acids is 1. The average molecular weight is 159 g/mol. The van der Waals surface area contributed by atoms with Crippen LogP contribution in [0.15, 0.2) is 4.99 Å². The molecule has 0 aliphatic heterocycles. The van der Waals surface area contributed by atoms with Gasteiger partial charge in [-0.05, 0) is 6.92 Å². The van der Waals surface area contributed by atoms with Crippen LogP contribution in [0.5, 0.6) is 0 Å². The highest BCUT2D eigenvalue weighted by Gasteiger charge is 1.97. The number of hydrogen-bond acceptors (Lipinski definition) is 2. The summed E-state index contributed by atoms with van der Waals surface area (Å²) in [6.07, 6.45) is 0. The van der Waals surface area contributed by atoms with Crippen molar-refractivity contribution in [1.29, 1.82) is 0 Å². The highest BCUT2D eigenvalue weighted by Crippen LogP contribution is 1.88. The lowest BCUT2D eigenvalue weighted by molar-refractivity contribution is -0.486. The first kappa shape index (κ1) is 9.44. The number of rotatable bonds is 3. The third kappa shape index (κ3) is 4.33. The summed E-state index contributed by atoms with van der Waals surface area (Å²) in [6, 6.07) is 0. The molecule has 0 aromatic heterocycles. The summed E-state index contributed by atoms with van der Waals surface area (Å²) in [5, 5.41) is 0. The molecule has 0 radical (unpaired) electrons. The van der Waals surface area contributed by atoms with Crippen molar-refractivity contribution in [3.05, 3.63) is 0 Å². The maximum absolute atomic E-state index is 10.5. The lowest BCUT2D eigenvalue weighted by Gasteiger charge is -1.90. The van der Waals surface area contributed by atoms with Gasteiger partial charge in [0.05, 0.1) is 5.71 Å². The maximum Gasteiger partial charge on any atom is 0.235 e. The Morgan fingerprint density at radius 3 is 2.60 bits per heavy atom.